The summed E-state index contributed by atoms with van der Waals surface area (Å²) in [5.74, 6) is -0.941. The van der Waals surface area contributed by atoms with Crippen molar-refractivity contribution in [1.29, 1.82) is 0 Å². The van der Waals surface area contributed by atoms with Crippen molar-refractivity contribution in [2.75, 3.05) is 13.1 Å². The molecule has 13 heteroatoms. The number of rotatable bonds is 5. The summed E-state index contributed by atoms with van der Waals surface area (Å²) in [6.45, 7) is -0.318. The van der Waals surface area contributed by atoms with Crippen LogP contribution in [0.1, 0.15) is 36.2 Å². The van der Waals surface area contributed by atoms with Gasteiger partial charge in [0.2, 0.25) is 11.8 Å². The number of alkyl halides is 4. The molecule has 0 aromatic carbocycles. The second-order valence-corrected chi connectivity index (χ2v) is 9.15. The lowest BCUT2D eigenvalue weighted by molar-refractivity contribution is -0.155. The van der Waals surface area contributed by atoms with Gasteiger partial charge in [0.15, 0.2) is 17.7 Å². The summed E-state index contributed by atoms with van der Waals surface area (Å²) in [5.41, 5.74) is 5.55. The minimum absolute atomic E-state index is 0.0284. The molecule has 4 heterocycles. The Hall–Kier alpha value is -2.64. The van der Waals surface area contributed by atoms with Crippen molar-refractivity contribution in [2.45, 2.75) is 56.8 Å². The summed E-state index contributed by atoms with van der Waals surface area (Å²) < 4.78 is 54.8. The van der Waals surface area contributed by atoms with E-state index in [1.165, 1.54) is 16.2 Å². The van der Waals surface area contributed by atoms with Gasteiger partial charge in [-0.05, 0) is 24.3 Å². The van der Waals surface area contributed by atoms with E-state index < -0.39 is 42.1 Å². The smallest absolute Gasteiger partial charge is 0.370 e. The van der Waals surface area contributed by atoms with Crippen molar-refractivity contribution >= 4 is 23.2 Å². The van der Waals surface area contributed by atoms with Crippen molar-refractivity contribution < 1.29 is 32.3 Å². The average molecular weight is 502 g/mol. The Bertz CT molecular complexity index is 1070. The molecule has 3 N–H and O–H groups in total. The molecule has 2 aliphatic rings. The number of aliphatic hydroxyl groups excluding tert-OH is 1. The van der Waals surface area contributed by atoms with E-state index in [4.69, 9.17) is 5.73 Å². The molecule has 3 atom stereocenters. The first-order chi connectivity index (χ1) is 16.0. The predicted octanol–water partition coefficient (Wildman–Crippen LogP) is 2.10. The highest BCUT2D eigenvalue weighted by molar-refractivity contribution is 7.08. The summed E-state index contributed by atoms with van der Waals surface area (Å²) in [6, 6.07) is 0.741. The molecule has 2 aromatic rings. The van der Waals surface area contributed by atoms with Gasteiger partial charge >= 0.3 is 6.18 Å². The highest BCUT2D eigenvalue weighted by atomic mass is 32.1. The van der Waals surface area contributed by atoms with E-state index in [2.05, 4.69) is 9.97 Å². The first kappa shape index (κ1) is 24.5. The molecule has 1 saturated heterocycles. The Kier molecular flexibility index (Phi) is 6.87. The third-order valence-electron chi connectivity index (χ3n) is 5.93. The zero-order valence-electron chi connectivity index (χ0n) is 18.0. The van der Waals surface area contributed by atoms with Gasteiger partial charge < -0.3 is 20.6 Å². The molecular weight excluding hydrogens is 478 g/mol. The number of hydrogen-bond donors (Lipinski definition) is 2. The van der Waals surface area contributed by atoms with E-state index in [0.717, 1.165) is 4.90 Å². The maximum atomic E-state index is 13.7. The molecule has 0 saturated carbocycles. The average Bonchev–Trinajstić information content (AvgIpc) is 3.32. The van der Waals surface area contributed by atoms with Crippen LogP contribution in [-0.4, -0.2) is 68.2 Å². The molecule has 34 heavy (non-hydrogen) atoms. The van der Waals surface area contributed by atoms with E-state index in [-0.39, 0.29) is 62.4 Å². The standard InChI is InChI=1S/C21H23F4N5O3S/c22-14-1-2-16(31)30(20(14)33)8-12(26)7-17(32)29-5-3-13-15(9-29)27-19(11-4-6-34-10-11)28-18(13)21(23,24)25/h4,6,10,12,14,20,33H,1-3,5,7-9,26H2. The first-order valence-corrected chi connectivity index (χ1v) is 11.6. The van der Waals surface area contributed by atoms with Crippen LogP contribution in [0.5, 0.6) is 0 Å². The number of nitrogens with two attached hydrogens (primary N) is 1. The lowest BCUT2D eigenvalue weighted by Gasteiger charge is -2.36. The normalized spacial score (nSPS) is 22.0. The second kappa shape index (κ2) is 9.55. The molecule has 0 bridgehead atoms. The van der Waals surface area contributed by atoms with Crippen LogP contribution in [0.25, 0.3) is 11.4 Å². The first-order valence-electron chi connectivity index (χ1n) is 10.7. The van der Waals surface area contributed by atoms with Crippen molar-refractivity contribution in [2.24, 2.45) is 5.73 Å². The van der Waals surface area contributed by atoms with Crippen molar-refractivity contribution in [3.8, 4) is 11.4 Å². The Morgan fingerprint density at radius 2 is 2.09 bits per heavy atom. The fourth-order valence-corrected chi connectivity index (χ4v) is 4.81. The minimum atomic E-state index is -4.66. The fraction of sp³-hybridized carbons (Fsp3) is 0.524. The van der Waals surface area contributed by atoms with Crippen LogP contribution in [0.2, 0.25) is 0 Å². The van der Waals surface area contributed by atoms with Gasteiger partial charge in [0.25, 0.3) is 0 Å². The predicted molar refractivity (Wildman–Crippen MR) is 114 cm³/mol. The molecule has 3 unspecified atom stereocenters. The number of amides is 2. The largest absolute Gasteiger partial charge is 0.433 e. The van der Waals surface area contributed by atoms with E-state index in [0.29, 0.717) is 5.56 Å². The lowest BCUT2D eigenvalue weighted by atomic mass is 10.0. The lowest BCUT2D eigenvalue weighted by Crippen LogP contribution is -2.54. The topological polar surface area (TPSA) is 113 Å². The van der Waals surface area contributed by atoms with Gasteiger partial charge in [-0.25, -0.2) is 14.4 Å². The minimum Gasteiger partial charge on any atom is -0.370 e. The van der Waals surface area contributed by atoms with E-state index >= 15 is 0 Å². The molecule has 2 amide bonds. The second-order valence-electron chi connectivity index (χ2n) is 8.37. The van der Waals surface area contributed by atoms with Gasteiger partial charge in [-0.2, -0.15) is 24.5 Å². The Morgan fingerprint density at radius 1 is 1.32 bits per heavy atom. The maximum absolute atomic E-state index is 13.7. The maximum Gasteiger partial charge on any atom is 0.433 e. The SMILES string of the molecule is NC(CC(=O)N1CCc2c(nc(-c3ccsc3)nc2C(F)(F)F)C1)CN1C(=O)CCC(F)C1O. The van der Waals surface area contributed by atoms with Crippen molar-refractivity contribution in [3.05, 3.63) is 33.8 Å². The van der Waals surface area contributed by atoms with Gasteiger partial charge in [-0.3, -0.25) is 9.59 Å². The summed E-state index contributed by atoms with van der Waals surface area (Å²) >= 11 is 1.30. The van der Waals surface area contributed by atoms with Crippen LogP contribution in [0.15, 0.2) is 16.8 Å². The third kappa shape index (κ3) is 5.05. The fourth-order valence-electron chi connectivity index (χ4n) is 4.18. The number of carbonyl (C=O) groups excluding carboxylic acids is 2. The zero-order chi connectivity index (χ0) is 24.6. The van der Waals surface area contributed by atoms with Crippen LogP contribution in [0.3, 0.4) is 0 Å². The Morgan fingerprint density at radius 3 is 2.76 bits per heavy atom. The molecule has 184 valence electrons. The summed E-state index contributed by atoms with van der Waals surface area (Å²) in [7, 11) is 0. The van der Waals surface area contributed by atoms with Crippen LogP contribution >= 0.6 is 11.3 Å². The molecular formula is C21H23F4N5O3S. The highest BCUT2D eigenvalue weighted by Gasteiger charge is 2.40. The van der Waals surface area contributed by atoms with Gasteiger partial charge in [0.1, 0.15) is 6.17 Å². The Balaban J connectivity index is 1.48. The van der Waals surface area contributed by atoms with Gasteiger partial charge in [-0.15, -0.1) is 0 Å². The van der Waals surface area contributed by atoms with E-state index in [9.17, 15) is 32.3 Å². The van der Waals surface area contributed by atoms with E-state index in [1.54, 1.807) is 16.8 Å². The highest BCUT2D eigenvalue weighted by Crippen LogP contribution is 2.35. The molecule has 0 aliphatic carbocycles. The van der Waals surface area contributed by atoms with Gasteiger partial charge in [0.05, 0.1) is 12.2 Å². The Labute approximate surface area is 196 Å². The molecule has 0 radical (unpaired) electrons. The van der Waals surface area contributed by atoms with Crippen LogP contribution in [-0.2, 0) is 28.7 Å². The van der Waals surface area contributed by atoms with Crippen molar-refractivity contribution in [3.63, 3.8) is 0 Å². The van der Waals surface area contributed by atoms with E-state index in [1.807, 2.05) is 0 Å². The number of aromatic nitrogens is 2. The molecule has 2 aromatic heterocycles. The molecule has 2 aliphatic heterocycles. The summed E-state index contributed by atoms with van der Waals surface area (Å²) in [5, 5.41) is 13.3. The number of piperidine rings is 1. The molecule has 8 nitrogen and oxygen atoms in total. The number of nitrogens with zero attached hydrogens (tertiary/aromatic N) is 4. The quantitative estimate of drug-likeness (QED) is 0.607. The molecule has 4 rings (SSSR count). The van der Waals surface area contributed by atoms with Crippen LogP contribution in [0, 0.1) is 0 Å². The number of fused-ring (bicyclic) bond motifs is 1. The molecule has 0 spiro atoms. The number of likely N-dealkylation sites (tertiary alicyclic amines) is 1. The number of carbonyl (C=O) groups is 2. The van der Waals surface area contributed by atoms with Crippen LogP contribution in [0.4, 0.5) is 17.6 Å². The van der Waals surface area contributed by atoms with Crippen LogP contribution < -0.4 is 5.73 Å². The zero-order valence-corrected chi connectivity index (χ0v) is 18.8. The van der Waals surface area contributed by atoms with Crippen molar-refractivity contribution in [1.82, 2.24) is 19.8 Å². The summed E-state index contributed by atoms with van der Waals surface area (Å²) in [6.07, 6.45) is -8.29. The number of halogens is 4. The number of aliphatic hydroxyl groups is 1. The van der Waals surface area contributed by atoms with Gasteiger partial charge in [-0.1, -0.05) is 0 Å². The molecule has 1 fully saturated rings. The number of hydrogen-bond acceptors (Lipinski definition) is 7. The summed E-state index contributed by atoms with van der Waals surface area (Å²) in [4.78, 5) is 35.2. The third-order valence-corrected chi connectivity index (χ3v) is 6.61. The number of thiophene rings is 1. The van der Waals surface area contributed by atoms with Gasteiger partial charge in [0, 0.05) is 48.5 Å². The monoisotopic (exact) mass is 501 g/mol.